The van der Waals surface area contributed by atoms with Gasteiger partial charge in [0.2, 0.25) is 5.91 Å². The predicted molar refractivity (Wildman–Crippen MR) is 92.1 cm³/mol. The highest BCUT2D eigenvalue weighted by Crippen LogP contribution is 2.31. The molecule has 1 aromatic rings. The summed E-state index contributed by atoms with van der Waals surface area (Å²) in [5.41, 5.74) is -0.358. The molecular weight excluding hydrogens is 332 g/mol. The summed E-state index contributed by atoms with van der Waals surface area (Å²) in [7, 11) is 0. The van der Waals surface area contributed by atoms with Crippen LogP contribution in [0.5, 0.6) is 0 Å². The molecule has 0 bridgehead atoms. The van der Waals surface area contributed by atoms with Gasteiger partial charge in [0.25, 0.3) is 0 Å². The van der Waals surface area contributed by atoms with E-state index in [1.165, 1.54) is 0 Å². The molecule has 0 aliphatic carbocycles. The summed E-state index contributed by atoms with van der Waals surface area (Å²) < 4.78 is 10.8. The number of hydrogen-bond donors (Lipinski definition) is 2. The minimum atomic E-state index is -0.718. The van der Waals surface area contributed by atoms with Crippen molar-refractivity contribution in [1.82, 2.24) is 10.2 Å². The zero-order chi connectivity index (χ0) is 16.3. The molecule has 136 valence electrons. The average Bonchev–Trinajstić information content (AvgIpc) is 3.10. The number of furan rings is 1. The number of nitrogens with one attached hydrogen (secondary N) is 1. The smallest absolute Gasteiger partial charge is 0.230 e. The van der Waals surface area contributed by atoms with Crippen LogP contribution in [0.1, 0.15) is 38.1 Å². The third kappa shape index (κ3) is 4.11. The molecule has 0 radical (unpaired) electrons. The van der Waals surface area contributed by atoms with Gasteiger partial charge in [-0.1, -0.05) is 0 Å². The number of rotatable bonds is 4. The normalized spacial score (nSPS) is 28.9. The Bertz CT molecular complexity index is 517. The number of amides is 1. The van der Waals surface area contributed by atoms with Crippen molar-refractivity contribution in [2.24, 2.45) is 5.41 Å². The summed E-state index contributed by atoms with van der Waals surface area (Å²) in [4.78, 5) is 15.0. The summed E-state index contributed by atoms with van der Waals surface area (Å²) in [5.74, 6) is 0.707. The number of halogens is 1. The van der Waals surface area contributed by atoms with Gasteiger partial charge in [-0.2, -0.15) is 0 Å². The quantitative estimate of drug-likeness (QED) is 0.857. The van der Waals surface area contributed by atoms with E-state index in [0.29, 0.717) is 31.9 Å². The highest BCUT2D eigenvalue weighted by molar-refractivity contribution is 5.85. The molecule has 1 aromatic heterocycles. The third-order valence-electron chi connectivity index (χ3n) is 4.97. The lowest BCUT2D eigenvalue weighted by atomic mass is 9.80. The van der Waals surface area contributed by atoms with Crippen LogP contribution in [0.4, 0.5) is 0 Å². The molecule has 2 aliphatic rings. The molecule has 3 heterocycles. The molecule has 7 heteroatoms. The fraction of sp³-hybridized carbons (Fsp3) is 0.706. The lowest BCUT2D eigenvalue weighted by molar-refractivity contribution is -0.152. The van der Waals surface area contributed by atoms with Crippen LogP contribution in [0.15, 0.2) is 22.8 Å². The van der Waals surface area contributed by atoms with Crippen molar-refractivity contribution in [2.75, 3.05) is 32.8 Å². The van der Waals surface area contributed by atoms with Crippen molar-refractivity contribution < 1.29 is 19.1 Å². The molecule has 2 fully saturated rings. The van der Waals surface area contributed by atoms with Gasteiger partial charge in [0, 0.05) is 19.5 Å². The second-order valence-corrected chi connectivity index (χ2v) is 6.84. The Labute approximate surface area is 148 Å². The van der Waals surface area contributed by atoms with Crippen LogP contribution < -0.4 is 5.32 Å². The van der Waals surface area contributed by atoms with Crippen LogP contribution in [0.25, 0.3) is 0 Å². The number of nitrogens with zero attached hydrogens (tertiary/aromatic N) is 1. The van der Waals surface area contributed by atoms with E-state index in [0.717, 1.165) is 25.9 Å². The zero-order valence-electron chi connectivity index (χ0n) is 14.1. The fourth-order valence-electron chi connectivity index (χ4n) is 3.56. The van der Waals surface area contributed by atoms with Gasteiger partial charge >= 0.3 is 0 Å². The summed E-state index contributed by atoms with van der Waals surface area (Å²) in [6.45, 7) is 5.35. The summed E-state index contributed by atoms with van der Waals surface area (Å²) in [6, 6.07) is 3.40. The van der Waals surface area contributed by atoms with Gasteiger partial charge in [0.1, 0.15) is 11.9 Å². The fourth-order valence-corrected chi connectivity index (χ4v) is 3.56. The van der Waals surface area contributed by atoms with Crippen LogP contribution in [0.3, 0.4) is 0 Å². The molecule has 0 saturated carbocycles. The predicted octanol–water partition coefficient (Wildman–Crippen LogP) is 1.74. The minimum absolute atomic E-state index is 0. The van der Waals surface area contributed by atoms with Gasteiger partial charge in [0.15, 0.2) is 0 Å². The van der Waals surface area contributed by atoms with Crippen LogP contribution in [-0.2, 0) is 9.53 Å². The largest absolute Gasteiger partial charge is 0.467 e. The number of aliphatic hydroxyl groups excluding tert-OH is 1. The maximum absolute atomic E-state index is 13.1. The van der Waals surface area contributed by atoms with Crippen molar-refractivity contribution in [3.05, 3.63) is 24.2 Å². The van der Waals surface area contributed by atoms with E-state index in [-0.39, 0.29) is 29.8 Å². The van der Waals surface area contributed by atoms with Gasteiger partial charge in [-0.3, -0.25) is 4.79 Å². The molecule has 3 rings (SSSR count). The first-order valence-corrected chi connectivity index (χ1v) is 8.41. The number of carbonyl (C=O) groups is 1. The van der Waals surface area contributed by atoms with Gasteiger partial charge in [-0.25, -0.2) is 0 Å². The highest BCUT2D eigenvalue weighted by atomic mass is 35.5. The standard InChI is InChI=1S/C17H26N2O4.ClH/c1-17(5-3-6-18-12-17)16(21)19-7-9-22-11-13(19)10-14(20)15-4-2-8-23-15;/h2,4,8,13-14,18,20H,3,5-7,9-12H2,1H3;1H. The average molecular weight is 359 g/mol. The summed E-state index contributed by atoms with van der Waals surface area (Å²) in [5, 5.41) is 13.7. The van der Waals surface area contributed by atoms with Crippen molar-refractivity contribution in [3.8, 4) is 0 Å². The molecule has 2 saturated heterocycles. The number of piperidine rings is 1. The SMILES string of the molecule is CC1(C(=O)N2CCOCC2CC(O)c2ccco2)CCCNC1.Cl. The Morgan fingerprint density at radius 1 is 1.58 bits per heavy atom. The maximum atomic E-state index is 13.1. The van der Waals surface area contributed by atoms with Crippen molar-refractivity contribution in [2.45, 2.75) is 38.3 Å². The van der Waals surface area contributed by atoms with Crippen LogP contribution in [0.2, 0.25) is 0 Å². The Kier molecular flexibility index (Phi) is 6.69. The number of carbonyl (C=O) groups excluding carboxylic acids is 1. The number of aliphatic hydroxyl groups is 1. The van der Waals surface area contributed by atoms with Crippen molar-refractivity contribution in [3.63, 3.8) is 0 Å². The lowest BCUT2D eigenvalue weighted by Crippen LogP contribution is -2.57. The number of morpholine rings is 1. The van der Waals surface area contributed by atoms with E-state index in [1.54, 1.807) is 18.4 Å². The molecule has 6 nitrogen and oxygen atoms in total. The Morgan fingerprint density at radius 2 is 2.42 bits per heavy atom. The van der Waals surface area contributed by atoms with E-state index in [2.05, 4.69) is 5.32 Å². The molecular formula is C17H27ClN2O4. The van der Waals surface area contributed by atoms with E-state index in [9.17, 15) is 9.90 Å². The van der Waals surface area contributed by atoms with Gasteiger partial charge in [-0.05, 0) is 38.4 Å². The van der Waals surface area contributed by atoms with Crippen LogP contribution >= 0.6 is 12.4 Å². The van der Waals surface area contributed by atoms with Gasteiger partial charge < -0.3 is 24.5 Å². The molecule has 0 spiro atoms. The molecule has 2 N–H and O–H groups in total. The van der Waals surface area contributed by atoms with E-state index in [4.69, 9.17) is 9.15 Å². The Hall–Kier alpha value is -1.08. The molecule has 1 amide bonds. The molecule has 24 heavy (non-hydrogen) atoms. The van der Waals surface area contributed by atoms with Gasteiger partial charge in [-0.15, -0.1) is 12.4 Å². The first-order valence-electron chi connectivity index (χ1n) is 8.41. The Morgan fingerprint density at radius 3 is 3.08 bits per heavy atom. The maximum Gasteiger partial charge on any atom is 0.230 e. The Balaban J connectivity index is 0.00000208. The van der Waals surface area contributed by atoms with Crippen molar-refractivity contribution in [1.29, 1.82) is 0 Å². The summed E-state index contributed by atoms with van der Waals surface area (Å²) in [6.07, 6.45) is 3.19. The van der Waals surface area contributed by atoms with Crippen molar-refractivity contribution >= 4 is 18.3 Å². The second-order valence-electron chi connectivity index (χ2n) is 6.84. The lowest BCUT2D eigenvalue weighted by Gasteiger charge is -2.43. The van der Waals surface area contributed by atoms with Gasteiger partial charge in [0.05, 0.1) is 30.9 Å². The summed E-state index contributed by atoms with van der Waals surface area (Å²) >= 11 is 0. The van der Waals surface area contributed by atoms with E-state index < -0.39 is 6.10 Å². The monoisotopic (exact) mass is 358 g/mol. The highest BCUT2D eigenvalue weighted by Gasteiger charge is 2.41. The van der Waals surface area contributed by atoms with E-state index in [1.807, 2.05) is 11.8 Å². The third-order valence-corrected chi connectivity index (χ3v) is 4.97. The zero-order valence-corrected chi connectivity index (χ0v) is 14.9. The number of hydrogen-bond acceptors (Lipinski definition) is 5. The first-order chi connectivity index (χ1) is 11.1. The number of ether oxygens (including phenoxy) is 1. The minimum Gasteiger partial charge on any atom is -0.467 e. The van der Waals surface area contributed by atoms with Crippen LogP contribution in [-0.4, -0.2) is 54.8 Å². The molecule has 2 aliphatic heterocycles. The second kappa shape index (κ2) is 8.34. The van der Waals surface area contributed by atoms with Crippen LogP contribution in [0, 0.1) is 5.41 Å². The molecule has 3 unspecified atom stereocenters. The molecule has 0 aromatic carbocycles. The topological polar surface area (TPSA) is 74.9 Å². The molecule has 3 atom stereocenters. The first kappa shape index (κ1) is 19.2. The van der Waals surface area contributed by atoms with E-state index >= 15 is 0 Å².